The van der Waals surface area contributed by atoms with Crippen molar-refractivity contribution in [1.29, 1.82) is 0 Å². The van der Waals surface area contributed by atoms with E-state index in [1.165, 1.54) is 0 Å². The number of anilines is 1. The lowest BCUT2D eigenvalue weighted by Gasteiger charge is -2.37. The summed E-state index contributed by atoms with van der Waals surface area (Å²) in [6, 6.07) is 10.7. The van der Waals surface area contributed by atoms with Gasteiger partial charge in [0.25, 0.3) is 0 Å². The highest BCUT2D eigenvalue weighted by atomic mass is 16.3. The van der Waals surface area contributed by atoms with Crippen molar-refractivity contribution < 1.29 is 15.0 Å². The first kappa shape index (κ1) is 17.6. The maximum atomic E-state index is 12.7. The standard InChI is InChI=1S/C20H22N4O3/c1-20(2,27)14-5-3-13(4-6-14)17(26)9-15-10-19(23-11-16(25)12-23)24-18(22-15)7-8-21-24/h3-8,10,16,25,27H,9,11-12H2,1-2H3. The van der Waals surface area contributed by atoms with E-state index in [1.54, 1.807) is 54.9 Å². The summed E-state index contributed by atoms with van der Waals surface area (Å²) in [4.78, 5) is 19.2. The van der Waals surface area contributed by atoms with Crippen LogP contribution in [0.2, 0.25) is 0 Å². The van der Waals surface area contributed by atoms with Gasteiger partial charge in [-0.3, -0.25) is 4.79 Å². The maximum absolute atomic E-state index is 12.7. The fourth-order valence-electron chi connectivity index (χ4n) is 3.24. The van der Waals surface area contributed by atoms with E-state index in [-0.39, 0.29) is 18.3 Å². The first-order chi connectivity index (χ1) is 12.8. The molecule has 0 unspecified atom stereocenters. The molecule has 2 N–H and O–H groups in total. The Morgan fingerprint density at radius 3 is 2.56 bits per heavy atom. The number of benzene rings is 1. The van der Waals surface area contributed by atoms with Crippen LogP contribution in [-0.4, -0.2) is 49.8 Å². The molecule has 4 rings (SSSR count). The fraction of sp³-hybridized carbons (Fsp3) is 0.350. The predicted octanol–water partition coefficient (Wildman–Crippen LogP) is 1.56. The van der Waals surface area contributed by atoms with E-state index < -0.39 is 5.60 Å². The summed E-state index contributed by atoms with van der Waals surface area (Å²) in [7, 11) is 0. The Morgan fingerprint density at radius 2 is 1.93 bits per heavy atom. The Labute approximate surface area is 156 Å². The van der Waals surface area contributed by atoms with Crippen molar-refractivity contribution in [1.82, 2.24) is 14.6 Å². The molecule has 0 spiro atoms. The Kier molecular flexibility index (Phi) is 4.20. The van der Waals surface area contributed by atoms with Crippen LogP contribution in [0.1, 0.15) is 35.5 Å². The maximum Gasteiger partial charge on any atom is 0.168 e. The minimum Gasteiger partial charge on any atom is -0.389 e. The molecule has 0 radical (unpaired) electrons. The van der Waals surface area contributed by atoms with Crippen molar-refractivity contribution >= 4 is 17.2 Å². The number of hydrogen-bond donors (Lipinski definition) is 2. The Balaban J connectivity index is 1.58. The molecular formula is C20H22N4O3. The van der Waals surface area contributed by atoms with Crippen molar-refractivity contribution in [2.75, 3.05) is 18.0 Å². The zero-order chi connectivity index (χ0) is 19.2. The van der Waals surface area contributed by atoms with Crippen molar-refractivity contribution in [3.63, 3.8) is 0 Å². The van der Waals surface area contributed by atoms with E-state index >= 15 is 0 Å². The zero-order valence-electron chi connectivity index (χ0n) is 15.3. The lowest BCUT2D eigenvalue weighted by molar-refractivity contribution is 0.0784. The molecule has 27 heavy (non-hydrogen) atoms. The third-order valence-electron chi connectivity index (χ3n) is 4.83. The van der Waals surface area contributed by atoms with Gasteiger partial charge in [0.1, 0.15) is 5.82 Å². The number of carbonyl (C=O) groups is 1. The van der Waals surface area contributed by atoms with E-state index in [1.807, 2.05) is 11.0 Å². The highest BCUT2D eigenvalue weighted by Crippen LogP contribution is 2.24. The van der Waals surface area contributed by atoms with Crippen LogP contribution in [0.3, 0.4) is 0 Å². The molecule has 1 fully saturated rings. The number of Topliss-reactive ketones (excluding diaryl/α,β-unsaturated/α-hetero) is 1. The monoisotopic (exact) mass is 366 g/mol. The summed E-state index contributed by atoms with van der Waals surface area (Å²) >= 11 is 0. The van der Waals surface area contributed by atoms with Crippen LogP contribution in [0.25, 0.3) is 5.65 Å². The van der Waals surface area contributed by atoms with Crippen LogP contribution < -0.4 is 4.90 Å². The van der Waals surface area contributed by atoms with Crippen LogP contribution in [0.4, 0.5) is 5.82 Å². The average Bonchev–Trinajstić information content (AvgIpc) is 3.06. The van der Waals surface area contributed by atoms with Gasteiger partial charge in [-0.05, 0) is 19.4 Å². The van der Waals surface area contributed by atoms with E-state index in [2.05, 4.69) is 10.1 Å². The van der Waals surface area contributed by atoms with Gasteiger partial charge in [0.15, 0.2) is 11.4 Å². The first-order valence-electron chi connectivity index (χ1n) is 8.94. The van der Waals surface area contributed by atoms with E-state index in [0.717, 1.165) is 11.4 Å². The van der Waals surface area contributed by atoms with E-state index in [0.29, 0.717) is 30.0 Å². The zero-order valence-corrected chi connectivity index (χ0v) is 15.3. The summed E-state index contributed by atoms with van der Waals surface area (Å²) in [5.41, 5.74) is 1.74. The second-order valence-electron chi connectivity index (χ2n) is 7.50. The Bertz CT molecular complexity index is 983. The van der Waals surface area contributed by atoms with Gasteiger partial charge in [0.05, 0.1) is 30.0 Å². The number of aliphatic hydroxyl groups excluding tert-OH is 1. The summed E-state index contributed by atoms with van der Waals surface area (Å²) in [5.74, 6) is 0.790. The molecule has 7 heteroatoms. The van der Waals surface area contributed by atoms with E-state index in [4.69, 9.17) is 0 Å². The number of rotatable bonds is 5. The average molecular weight is 366 g/mol. The number of β-amino-alcohol motifs (C(OH)–C–C–N with tert-alkyl or cyclic N) is 1. The van der Waals surface area contributed by atoms with Gasteiger partial charge in [-0.2, -0.15) is 9.61 Å². The van der Waals surface area contributed by atoms with Crippen molar-refractivity contribution in [3.05, 3.63) is 59.4 Å². The molecule has 0 amide bonds. The normalized spacial score (nSPS) is 15.2. The second kappa shape index (κ2) is 6.44. The molecule has 0 aliphatic carbocycles. The Hall–Kier alpha value is -2.77. The molecule has 2 aromatic heterocycles. The molecular weight excluding hydrogens is 344 g/mol. The minimum atomic E-state index is -0.938. The number of aromatic nitrogens is 3. The van der Waals surface area contributed by atoms with Crippen molar-refractivity contribution in [2.45, 2.75) is 32.0 Å². The number of nitrogens with zero attached hydrogens (tertiary/aromatic N) is 4. The van der Waals surface area contributed by atoms with Crippen LogP contribution in [-0.2, 0) is 12.0 Å². The largest absolute Gasteiger partial charge is 0.389 e. The van der Waals surface area contributed by atoms with Crippen LogP contribution in [0, 0.1) is 0 Å². The number of ketones is 1. The minimum absolute atomic E-state index is 0.0387. The summed E-state index contributed by atoms with van der Waals surface area (Å²) in [5, 5.41) is 23.9. The topological polar surface area (TPSA) is 91.0 Å². The van der Waals surface area contributed by atoms with Gasteiger partial charge in [0.2, 0.25) is 0 Å². The van der Waals surface area contributed by atoms with Crippen molar-refractivity contribution in [3.8, 4) is 0 Å². The van der Waals surface area contributed by atoms with Crippen LogP contribution in [0.15, 0.2) is 42.6 Å². The van der Waals surface area contributed by atoms with Gasteiger partial charge >= 0.3 is 0 Å². The van der Waals surface area contributed by atoms with Gasteiger partial charge in [-0.1, -0.05) is 24.3 Å². The summed E-state index contributed by atoms with van der Waals surface area (Å²) in [6.07, 6.45) is 1.51. The van der Waals surface area contributed by atoms with Gasteiger partial charge in [-0.25, -0.2) is 4.98 Å². The van der Waals surface area contributed by atoms with E-state index in [9.17, 15) is 15.0 Å². The lowest BCUT2D eigenvalue weighted by Crippen LogP contribution is -2.51. The number of hydrogen-bond acceptors (Lipinski definition) is 6. The first-order valence-corrected chi connectivity index (χ1v) is 8.94. The number of carbonyl (C=O) groups excluding carboxylic acids is 1. The fourth-order valence-corrected chi connectivity index (χ4v) is 3.24. The molecule has 0 atom stereocenters. The highest BCUT2D eigenvalue weighted by Gasteiger charge is 2.27. The Morgan fingerprint density at radius 1 is 1.22 bits per heavy atom. The highest BCUT2D eigenvalue weighted by molar-refractivity contribution is 5.97. The molecule has 1 aliphatic heterocycles. The van der Waals surface area contributed by atoms with Crippen LogP contribution in [0.5, 0.6) is 0 Å². The van der Waals surface area contributed by atoms with Crippen LogP contribution >= 0.6 is 0 Å². The molecule has 1 aromatic carbocycles. The second-order valence-corrected chi connectivity index (χ2v) is 7.50. The number of aliphatic hydroxyl groups is 2. The molecule has 1 aliphatic rings. The molecule has 7 nitrogen and oxygen atoms in total. The molecule has 3 aromatic rings. The third kappa shape index (κ3) is 3.43. The predicted molar refractivity (Wildman–Crippen MR) is 101 cm³/mol. The lowest BCUT2D eigenvalue weighted by atomic mass is 9.96. The quantitative estimate of drug-likeness (QED) is 0.666. The van der Waals surface area contributed by atoms with Gasteiger partial charge in [-0.15, -0.1) is 0 Å². The molecule has 0 saturated carbocycles. The molecule has 1 saturated heterocycles. The summed E-state index contributed by atoms with van der Waals surface area (Å²) < 4.78 is 1.72. The molecule has 3 heterocycles. The summed E-state index contributed by atoms with van der Waals surface area (Å²) in [6.45, 7) is 4.51. The SMILES string of the molecule is CC(C)(O)c1ccc(C(=O)Cc2cc(N3CC(O)C3)n3nccc3n2)cc1. The third-order valence-corrected chi connectivity index (χ3v) is 4.83. The smallest absolute Gasteiger partial charge is 0.168 e. The number of fused-ring (bicyclic) bond motifs is 1. The molecule has 140 valence electrons. The van der Waals surface area contributed by atoms with Gasteiger partial charge in [0, 0.05) is 30.8 Å². The van der Waals surface area contributed by atoms with Crippen molar-refractivity contribution in [2.24, 2.45) is 0 Å². The van der Waals surface area contributed by atoms with Gasteiger partial charge < -0.3 is 15.1 Å². The molecule has 0 bridgehead atoms.